The van der Waals surface area contributed by atoms with Gasteiger partial charge in [-0.1, -0.05) is 62.4 Å². The van der Waals surface area contributed by atoms with E-state index >= 15 is 0 Å². The first kappa shape index (κ1) is 19.7. The Morgan fingerprint density at radius 1 is 0.923 bits per heavy atom. The van der Waals surface area contributed by atoms with Crippen LogP contribution in [-0.4, -0.2) is 18.4 Å². The van der Waals surface area contributed by atoms with E-state index in [1.807, 2.05) is 48.5 Å². The van der Waals surface area contributed by atoms with Crippen LogP contribution < -0.4 is 10.6 Å². The Morgan fingerprint density at radius 2 is 1.54 bits per heavy atom. The van der Waals surface area contributed by atoms with Crippen LogP contribution >= 0.6 is 0 Å². The lowest BCUT2D eigenvalue weighted by Gasteiger charge is -2.21. The third-order valence-corrected chi connectivity index (χ3v) is 4.15. The highest BCUT2D eigenvalue weighted by Crippen LogP contribution is 2.21. The van der Waals surface area contributed by atoms with Crippen LogP contribution in [0.25, 0.3) is 0 Å². The van der Waals surface area contributed by atoms with Crippen LogP contribution in [0.3, 0.4) is 0 Å². The summed E-state index contributed by atoms with van der Waals surface area (Å²) in [5.41, 5.74) is 1.77. The number of hydrogen-bond donors (Lipinski definition) is 2. The van der Waals surface area contributed by atoms with Crippen LogP contribution in [0.4, 0.5) is 0 Å². The fourth-order valence-electron chi connectivity index (χ4n) is 2.84. The molecule has 0 saturated carbocycles. The van der Waals surface area contributed by atoms with Gasteiger partial charge in [0.15, 0.2) is 0 Å². The fraction of sp³-hybridized carbons (Fsp3) is 0.364. The van der Waals surface area contributed by atoms with E-state index in [1.165, 1.54) is 0 Å². The van der Waals surface area contributed by atoms with Crippen molar-refractivity contribution in [1.29, 1.82) is 0 Å². The number of amides is 2. The molecule has 1 unspecified atom stereocenters. The maximum Gasteiger partial charge on any atom is 0.251 e. The lowest BCUT2D eigenvalue weighted by molar-refractivity contribution is -0.122. The number of benzene rings is 2. The van der Waals surface area contributed by atoms with Gasteiger partial charge in [0.05, 0.1) is 6.04 Å². The SMILES string of the molecule is CC(C)CC(NC(=O)CCCNC(=O)c1ccccc1)c1ccccc1. The van der Waals surface area contributed by atoms with Crippen molar-refractivity contribution in [1.82, 2.24) is 10.6 Å². The Hall–Kier alpha value is -2.62. The van der Waals surface area contributed by atoms with Crippen molar-refractivity contribution >= 4 is 11.8 Å². The molecule has 0 spiro atoms. The number of carbonyl (C=O) groups is 2. The van der Waals surface area contributed by atoms with Crippen molar-refractivity contribution < 1.29 is 9.59 Å². The Kier molecular flexibility index (Phi) is 7.87. The third kappa shape index (κ3) is 6.71. The molecule has 0 bridgehead atoms. The van der Waals surface area contributed by atoms with E-state index in [0.717, 1.165) is 12.0 Å². The minimum absolute atomic E-state index is 0.0217. The first-order chi connectivity index (χ1) is 12.6. The van der Waals surface area contributed by atoms with E-state index in [4.69, 9.17) is 0 Å². The molecule has 4 heteroatoms. The van der Waals surface area contributed by atoms with E-state index in [9.17, 15) is 9.59 Å². The lowest BCUT2D eigenvalue weighted by atomic mass is 9.97. The molecule has 0 saturated heterocycles. The maximum atomic E-state index is 12.3. The topological polar surface area (TPSA) is 58.2 Å². The van der Waals surface area contributed by atoms with Crippen molar-refractivity contribution in [3.8, 4) is 0 Å². The van der Waals surface area contributed by atoms with Gasteiger partial charge in [0.1, 0.15) is 0 Å². The van der Waals surface area contributed by atoms with Gasteiger partial charge < -0.3 is 10.6 Å². The van der Waals surface area contributed by atoms with Crippen LogP contribution in [0.1, 0.15) is 55.1 Å². The second-order valence-corrected chi connectivity index (χ2v) is 6.89. The van der Waals surface area contributed by atoms with Crippen LogP contribution in [0.15, 0.2) is 60.7 Å². The Balaban J connectivity index is 1.76. The predicted octanol–water partition coefficient (Wildman–Crippen LogP) is 4.10. The van der Waals surface area contributed by atoms with Gasteiger partial charge in [-0.2, -0.15) is 0 Å². The molecule has 0 fully saturated rings. The monoisotopic (exact) mass is 352 g/mol. The molecule has 26 heavy (non-hydrogen) atoms. The van der Waals surface area contributed by atoms with E-state index in [0.29, 0.717) is 30.9 Å². The van der Waals surface area contributed by atoms with Gasteiger partial charge >= 0.3 is 0 Å². The highest BCUT2D eigenvalue weighted by Gasteiger charge is 2.15. The molecule has 0 aliphatic carbocycles. The fourth-order valence-corrected chi connectivity index (χ4v) is 2.84. The normalized spacial score (nSPS) is 11.8. The summed E-state index contributed by atoms with van der Waals surface area (Å²) in [6, 6.07) is 19.2. The van der Waals surface area contributed by atoms with E-state index in [1.54, 1.807) is 12.1 Å². The first-order valence-electron chi connectivity index (χ1n) is 9.24. The quantitative estimate of drug-likeness (QED) is 0.668. The number of carbonyl (C=O) groups excluding carboxylic acids is 2. The average molecular weight is 352 g/mol. The van der Waals surface area contributed by atoms with Crippen molar-refractivity contribution in [2.45, 2.75) is 39.2 Å². The van der Waals surface area contributed by atoms with Gasteiger partial charge in [-0.15, -0.1) is 0 Å². The largest absolute Gasteiger partial charge is 0.352 e. The van der Waals surface area contributed by atoms with Gasteiger partial charge in [0.25, 0.3) is 5.91 Å². The highest BCUT2D eigenvalue weighted by atomic mass is 16.2. The molecule has 1 atom stereocenters. The van der Waals surface area contributed by atoms with Crippen molar-refractivity contribution in [2.24, 2.45) is 5.92 Å². The van der Waals surface area contributed by atoms with E-state index in [2.05, 4.69) is 24.5 Å². The van der Waals surface area contributed by atoms with Gasteiger partial charge in [-0.05, 0) is 36.5 Å². The second kappa shape index (κ2) is 10.4. The van der Waals surface area contributed by atoms with Crippen molar-refractivity contribution in [3.05, 3.63) is 71.8 Å². The van der Waals surface area contributed by atoms with Gasteiger partial charge in [-0.3, -0.25) is 9.59 Å². The zero-order valence-corrected chi connectivity index (χ0v) is 15.6. The molecule has 4 nitrogen and oxygen atoms in total. The molecule has 2 aromatic rings. The first-order valence-corrected chi connectivity index (χ1v) is 9.24. The molecular formula is C22H28N2O2. The molecule has 2 N–H and O–H groups in total. The standard InChI is InChI=1S/C22H28N2O2/c1-17(2)16-20(18-10-5-3-6-11-18)24-21(25)14-9-15-23-22(26)19-12-7-4-8-13-19/h3-8,10-13,17,20H,9,14-16H2,1-2H3,(H,23,26)(H,24,25). The molecule has 0 radical (unpaired) electrons. The number of rotatable bonds is 9. The summed E-state index contributed by atoms with van der Waals surface area (Å²) in [6.45, 7) is 4.80. The van der Waals surface area contributed by atoms with Crippen LogP contribution in [0.2, 0.25) is 0 Å². The lowest BCUT2D eigenvalue weighted by Crippen LogP contribution is -2.30. The molecule has 138 valence electrons. The molecule has 0 aliphatic rings. The van der Waals surface area contributed by atoms with E-state index < -0.39 is 0 Å². The molecule has 2 amide bonds. The average Bonchev–Trinajstić information content (AvgIpc) is 2.65. The van der Waals surface area contributed by atoms with Gasteiger partial charge in [0, 0.05) is 18.5 Å². The van der Waals surface area contributed by atoms with Crippen LogP contribution in [-0.2, 0) is 4.79 Å². The molecule has 0 aromatic heterocycles. The summed E-state index contributed by atoms with van der Waals surface area (Å²) in [4.78, 5) is 24.3. The Bertz CT molecular complexity index is 684. The van der Waals surface area contributed by atoms with Crippen molar-refractivity contribution in [3.63, 3.8) is 0 Å². The van der Waals surface area contributed by atoms with Crippen LogP contribution in [0, 0.1) is 5.92 Å². The Labute approximate surface area is 156 Å². The second-order valence-electron chi connectivity index (χ2n) is 6.89. The molecule has 0 heterocycles. The predicted molar refractivity (Wildman–Crippen MR) is 105 cm³/mol. The smallest absolute Gasteiger partial charge is 0.251 e. The highest BCUT2D eigenvalue weighted by molar-refractivity contribution is 5.94. The van der Waals surface area contributed by atoms with Gasteiger partial charge in [-0.25, -0.2) is 0 Å². The molecule has 0 aliphatic heterocycles. The molecule has 2 rings (SSSR count). The van der Waals surface area contributed by atoms with Crippen molar-refractivity contribution in [2.75, 3.05) is 6.54 Å². The molecular weight excluding hydrogens is 324 g/mol. The summed E-state index contributed by atoms with van der Waals surface area (Å²) in [5.74, 6) is 0.409. The summed E-state index contributed by atoms with van der Waals surface area (Å²) in [6.07, 6.45) is 1.92. The number of nitrogens with one attached hydrogen (secondary N) is 2. The summed E-state index contributed by atoms with van der Waals surface area (Å²) in [7, 11) is 0. The Morgan fingerprint density at radius 3 is 2.15 bits per heavy atom. The summed E-state index contributed by atoms with van der Waals surface area (Å²) < 4.78 is 0. The molecule has 2 aromatic carbocycles. The zero-order valence-electron chi connectivity index (χ0n) is 15.6. The van der Waals surface area contributed by atoms with Crippen LogP contribution in [0.5, 0.6) is 0 Å². The zero-order chi connectivity index (χ0) is 18.8. The summed E-state index contributed by atoms with van der Waals surface area (Å²) in [5, 5.41) is 5.99. The number of hydrogen-bond acceptors (Lipinski definition) is 2. The minimum atomic E-state index is -0.104. The van der Waals surface area contributed by atoms with Gasteiger partial charge in [0.2, 0.25) is 5.91 Å². The maximum absolute atomic E-state index is 12.3. The van der Waals surface area contributed by atoms with E-state index in [-0.39, 0.29) is 17.9 Å². The summed E-state index contributed by atoms with van der Waals surface area (Å²) >= 11 is 0. The third-order valence-electron chi connectivity index (χ3n) is 4.15. The minimum Gasteiger partial charge on any atom is -0.352 e.